The van der Waals surface area contributed by atoms with E-state index in [0.717, 1.165) is 12.8 Å². The predicted molar refractivity (Wildman–Crippen MR) is 74.3 cm³/mol. The van der Waals surface area contributed by atoms with E-state index in [9.17, 15) is 4.79 Å². The number of benzene rings is 1. The van der Waals surface area contributed by atoms with Gasteiger partial charge in [-0.05, 0) is 37.5 Å². The highest BCUT2D eigenvalue weighted by molar-refractivity contribution is 5.78. The second-order valence-electron chi connectivity index (χ2n) is 5.01. The fraction of sp³-hybridized carbons (Fsp3) is 0.400. The summed E-state index contributed by atoms with van der Waals surface area (Å²) in [5, 5.41) is 9.38. The first-order chi connectivity index (χ1) is 9.78. The maximum Gasteiger partial charge on any atom is 0.261 e. The van der Waals surface area contributed by atoms with Crippen molar-refractivity contribution in [3.63, 3.8) is 0 Å². The lowest BCUT2D eigenvalue weighted by Gasteiger charge is -2.25. The Kier molecular flexibility index (Phi) is 3.48. The second-order valence-corrected chi connectivity index (χ2v) is 5.01. The minimum atomic E-state index is -0.0864. The second kappa shape index (κ2) is 5.43. The lowest BCUT2D eigenvalue weighted by Crippen LogP contribution is -2.27. The summed E-state index contributed by atoms with van der Waals surface area (Å²) < 4.78 is 7.22. The largest absolute Gasteiger partial charge is 0.376 e. The van der Waals surface area contributed by atoms with Crippen molar-refractivity contribution in [3.05, 3.63) is 40.4 Å². The van der Waals surface area contributed by atoms with Crippen molar-refractivity contribution < 1.29 is 4.74 Å². The molecule has 2 aromatic rings. The normalized spacial score (nSPS) is 14.9. The van der Waals surface area contributed by atoms with Crippen LogP contribution in [-0.2, 0) is 11.3 Å². The van der Waals surface area contributed by atoms with Gasteiger partial charge >= 0.3 is 0 Å². The van der Waals surface area contributed by atoms with E-state index in [-0.39, 0.29) is 5.56 Å². The Bertz CT molecular complexity index is 726. The van der Waals surface area contributed by atoms with Gasteiger partial charge in [-0.1, -0.05) is 0 Å². The lowest BCUT2D eigenvalue weighted by atomic mass is 9.96. The van der Waals surface area contributed by atoms with Crippen molar-refractivity contribution in [2.75, 3.05) is 6.61 Å². The highest BCUT2D eigenvalue weighted by atomic mass is 16.5. The molecule has 0 aliphatic heterocycles. The van der Waals surface area contributed by atoms with Crippen LogP contribution in [0, 0.1) is 11.3 Å². The number of fused-ring (bicyclic) bond motifs is 1. The summed E-state index contributed by atoms with van der Waals surface area (Å²) in [6, 6.07) is 6.97. The highest BCUT2D eigenvalue weighted by Gasteiger charge is 2.17. The van der Waals surface area contributed by atoms with Gasteiger partial charge in [0, 0.05) is 0 Å². The molecule has 5 heteroatoms. The van der Waals surface area contributed by atoms with Crippen molar-refractivity contribution in [2.45, 2.75) is 31.9 Å². The van der Waals surface area contributed by atoms with E-state index in [1.807, 2.05) is 6.07 Å². The van der Waals surface area contributed by atoms with Gasteiger partial charge in [0.1, 0.15) is 0 Å². The summed E-state index contributed by atoms with van der Waals surface area (Å²) in [5.41, 5.74) is 0.984. The van der Waals surface area contributed by atoms with Crippen LogP contribution in [0.2, 0.25) is 0 Å². The van der Waals surface area contributed by atoms with Gasteiger partial charge in [0.05, 0.1) is 48.1 Å². The van der Waals surface area contributed by atoms with E-state index in [0.29, 0.717) is 35.7 Å². The van der Waals surface area contributed by atoms with E-state index in [2.05, 4.69) is 4.98 Å². The van der Waals surface area contributed by atoms with Crippen LogP contribution in [0.5, 0.6) is 0 Å². The van der Waals surface area contributed by atoms with Crippen LogP contribution in [0.25, 0.3) is 10.9 Å². The summed E-state index contributed by atoms with van der Waals surface area (Å²) in [5.74, 6) is 0. The van der Waals surface area contributed by atoms with Crippen molar-refractivity contribution >= 4 is 10.9 Å². The zero-order chi connectivity index (χ0) is 13.9. The lowest BCUT2D eigenvalue weighted by molar-refractivity contribution is -0.00165. The molecule has 0 saturated heterocycles. The summed E-state index contributed by atoms with van der Waals surface area (Å²) >= 11 is 0. The van der Waals surface area contributed by atoms with E-state index in [1.165, 1.54) is 12.7 Å². The summed E-state index contributed by atoms with van der Waals surface area (Å²) in [4.78, 5) is 16.5. The van der Waals surface area contributed by atoms with Crippen molar-refractivity contribution in [1.82, 2.24) is 9.55 Å². The van der Waals surface area contributed by atoms with Crippen LogP contribution in [0.4, 0.5) is 0 Å². The van der Waals surface area contributed by atoms with Gasteiger partial charge in [-0.15, -0.1) is 0 Å². The molecule has 1 saturated carbocycles. The Balaban J connectivity index is 1.79. The fourth-order valence-corrected chi connectivity index (χ4v) is 2.24. The van der Waals surface area contributed by atoms with Gasteiger partial charge in [0.25, 0.3) is 5.56 Å². The van der Waals surface area contributed by atoms with Crippen LogP contribution < -0.4 is 5.56 Å². The fourth-order valence-electron chi connectivity index (χ4n) is 2.24. The molecule has 0 radical (unpaired) electrons. The molecule has 20 heavy (non-hydrogen) atoms. The summed E-state index contributed by atoms with van der Waals surface area (Å²) in [6.45, 7) is 1.05. The monoisotopic (exact) mass is 269 g/mol. The molecule has 1 aromatic heterocycles. The average molecular weight is 269 g/mol. The molecule has 1 fully saturated rings. The Hall–Kier alpha value is -2.19. The van der Waals surface area contributed by atoms with E-state index in [4.69, 9.17) is 10.00 Å². The molecular weight excluding hydrogens is 254 g/mol. The first-order valence-corrected chi connectivity index (χ1v) is 6.79. The Morgan fingerprint density at radius 1 is 1.45 bits per heavy atom. The SMILES string of the molecule is N#Cc1ccc2c(=O)n(CCOC3CCC3)cnc2c1. The molecule has 1 aromatic carbocycles. The maximum atomic E-state index is 12.3. The number of ether oxygens (including phenoxy) is 1. The van der Waals surface area contributed by atoms with Crippen LogP contribution in [0.15, 0.2) is 29.3 Å². The molecule has 3 rings (SSSR count). The minimum absolute atomic E-state index is 0.0864. The van der Waals surface area contributed by atoms with Crippen molar-refractivity contribution in [3.8, 4) is 6.07 Å². The average Bonchev–Trinajstić information content (AvgIpc) is 2.43. The van der Waals surface area contributed by atoms with E-state index >= 15 is 0 Å². The molecule has 102 valence electrons. The molecule has 0 spiro atoms. The molecule has 1 aliphatic rings. The van der Waals surface area contributed by atoms with Gasteiger partial charge in [-0.2, -0.15) is 5.26 Å². The van der Waals surface area contributed by atoms with E-state index < -0.39 is 0 Å². The van der Waals surface area contributed by atoms with Crippen molar-refractivity contribution in [2.24, 2.45) is 0 Å². The summed E-state index contributed by atoms with van der Waals surface area (Å²) in [7, 11) is 0. The number of rotatable bonds is 4. The van der Waals surface area contributed by atoms with Crippen LogP contribution in [-0.4, -0.2) is 22.3 Å². The Morgan fingerprint density at radius 3 is 3.00 bits per heavy atom. The predicted octanol–water partition coefficient (Wildman–Crippen LogP) is 1.84. The number of nitriles is 1. The van der Waals surface area contributed by atoms with Gasteiger partial charge in [0.2, 0.25) is 0 Å². The third kappa shape index (κ3) is 2.43. The molecular formula is C15H15N3O2. The van der Waals surface area contributed by atoms with Gasteiger partial charge in [-0.3, -0.25) is 9.36 Å². The molecule has 1 aliphatic carbocycles. The van der Waals surface area contributed by atoms with Crippen LogP contribution >= 0.6 is 0 Å². The molecule has 0 bridgehead atoms. The minimum Gasteiger partial charge on any atom is -0.376 e. The van der Waals surface area contributed by atoms with Crippen LogP contribution in [0.3, 0.4) is 0 Å². The van der Waals surface area contributed by atoms with Gasteiger partial charge in [-0.25, -0.2) is 4.98 Å². The number of aromatic nitrogens is 2. The quantitative estimate of drug-likeness (QED) is 0.849. The molecule has 0 amide bonds. The first-order valence-electron chi connectivity index (χ1n) is 6.79. The number of hydrogen-bond acceptors (Lipinski definition) is 4. The maximum absolute atomic E-state index is 12.3. The summed E-state index contributed by atoms with van der Waals surface area (Å²) in [6.07, 6.45) is 5.39. The van der Waals surface area contributed by atoms with Gasteiger partial charge in [0.15, 0.2) is 0 Å². The zero-order valence-corrected chi connectivity index (χ0v) is 11.1. The molecule has 0 unspecified atom stereocenters. The van der Waals surface area contributed by atoms with Gasteiger partial charge < -0.3 is 4.74 Å². The van der Waals surface area contributed by atoms with E-state index in [1.54, 1.807) is 22.8 Å². The Morgan fingerprint density at radius 2 is 2.30 bits per heavy atom. The molecule has 5 nitrogen and oxygen atoms in total. The number of hydrogen-bond donors (Lipinski definition) is 0. The van der Waals surface area contributed by atoms with Crippen LogP contribution in [0.1, 0.15) is 24.8 Å². The third-order valence-corrected chi connectivity index (χ3v) is 3.69. The molecule has 0 atom stereocenters. The smallest absolute Gasteiger partial charge is 0.261 e. The molecule has 1 heterocycles. The first kappa shape index (κ1) is 12.8. The standard InChI is InChI=1S/C15H15N3O2/c16-9-11-4-5-13-14(8-11)17-10-18(15(13)19)6-7-20-12-2-1-3-12/h4-5,8,10,12H,1-3,6-7H2. The molecule has 0 N–H and O–H groups in total. The highest BCUT2D eigenvalue weighted by Crippen LogP contribution is 2.21. The number of nitrogens with zero attached hydrogens (tertiary/aromatic N) is 3. The van der Waals surface area contributed by atoms with Crippen molar-refractivity contribution in [1.29, 1.82) is 5.26 Å². The Labute approximate surface area is 116 Å². The topological polar surface area (TPSA) is 67.9 Å². The zero-order valence-electron chi connectivity index (χ0n) is 11.1. The third-order valence-electron chi connectivity index (χ3n) is 3.69.